The monoisotopic (exact) mass is 219 g/mol. The molecule has 0 radical (unpaired) electrons. The smallest absolute Gasteiger partial charge is 0.253 e. The molecule has 1 saturated carbocycles. The van der Waals surface area contributed by atoms with E-state index < -0.39 is 0 Å². The number of pyridine rings is 1. The summed E-state index contributed by atoms with van der Waals surface area (Å²) in [5, 5.41) is 2.99. The van der Waals surface area contributed by atoms with E-state index >= 15 is 0 Å². The van der Waals surface area contributed by atoms with Gasteiger partial charge in [-0.1, -0.05) is 6.42 Å². The van der Waals surface area contributed by atoms with Gasteiger partial charge in [0.15, 0.2) is 0 Å². The molecule has 1 heterocycles. The van der Waals surface area contributed by atoms with Crippen LogP contribution >= 0.6 is 0 Å². The molecule has 4 nitrogen and oxygen atoms in total. The Morgan fingerprint density at radius 1 is 1.62 bits per heavy atom. The van der Waals surface area contributed by atoms with E-state index in [-0.39, 0.29) is 11.9 Å². The second-order valence-corrected chi connectivity index (χ2v) is 4.42. The maximum absolute atomic E-state index is 11.9. The third-order valence-electron chi connectivity index (χ3n) is 3.31. The highest BCUT2D eigenvalue weighted by atomic mass is 16.1. The van der Waals surface area contributed by atoms with Crippen LogP contribution in [0.3, 0.4) is 0 Å². The molecule has 1 fully saturated rings. The fourth-order valence-electron chi connectivity index (χ4n) is 1.96. The van der Waals surface area contributed by atoms with E-state index in [1.165, 1.54) is 25.5 Å². The van der Waals surface area contributed by atoms with E-state index in [9.17, 15) is 4.79 Å². The van der Waals surface area contributed by atoms with Crippen LogP contribution in [0, 0.1) is 5.92 Å². The van der Waals surface area contributed by atoms with E-state index in [4.69, 9.17) is 5.73 Å². The number of carbonyl (C=O) groups excluding carboxylic acids is 1. The molecule has 1 amide bonds. The van der Waals surface area contributed by atoms with Crippen molar-refractivity contribution in [3.63, 3.8) is 0 Å². The molecule has 86 valence electrons. The van der Waals surface area contributed by atoms with E-state index in [0.29, 0.717) is 17.2 Å². The summed E-state index contributed by atoms with van der Waals surface area (Å²) >= 11 is 0. The van der Waals surface area contributed by atoms with Crippen molar-refractivity contribution in [3.05, 3.63) is 24.0 Å². The van der Waals surface area contributed by atoms with Crippen molar-refractivity contribution in [2.24, 2.45) is 5.92 Å². The first kappa shape index (κ1) is 10.9. The summed E-state index contributed by atoms with van der Waals surface area (Å²) in [6.45, 7) is 2.05. The Morgan fingerprint density at radius 2 is 2.38 bits per heavy atom. The van der Waals surface area contributed by atoms with Crippen LogP contribution in [0.15, 0.2) is 18.5 Å². The minimum Gasteiger partial charge on any atom is -0.397 e. The van der Waals surface area contributed by atoms with Gasteiger partial charge >= 0.3 is 0 Å². The average Bonchev–Trinajstić information content (AvgIpc) is 2.15. The Bertz CT molecular complexity index is 388. The molecule has 4 heteroatoms. The number of aromatic nitrogens is 1. The zero-order valence-corrected chi connectivity index (χ0v) is 9.44. The van der Waals surface area contributed by atoms with Crippen LogP contribution in [0.5, 0.6) is 0 Å². The molecule has 1 aromatic heterocycles. The third kappa shape index (κ3) is 2.15. The van der Waals surface area contributed by atoms with Gasteiger partial charge in [-0.15, -0.1) is 0 Å². The summed E-state index contributed by atoms with van der Waals surface area (Å²) in [6, 6.07) is 1.88. The minimum absolute atomic E-state index is 0.0979. The van der Waals surface area contributed by atoms with Crippen molar-refractivity contribution >= 4 is 11.6 Å². The van der Waals surface area contributed by atoms with Gasteiger partial charge < -0.3 is 11.1 Å². The number of nitrogens with one attached hydrogen (secondary N) is 1. The number of carbonyl (C=O) groups is 1. The predicted octanol–water partition coefficient (Wildman–Crippen LogP) is 1.58. The van der Waals surface area contributed by atoms with Gasteiger partial charge in [0.1, 0.15) is 0 Å². The lowest BCUT2D eigenvalue weighted by Crippen LogP contribution is -2.40. The number of amides is 1. The lowest BCUT2D eigenvalue weighted by Gasteiger charge is -2.31. The SMILES string of the molecule is CC(NC(=O)c1ccncc1N)C1CCC1. The second kappa shape index (κ2) is 4.51. The highest BCUT2D eigenvalue weighted by Crippen LogP contribution is 2.29. The summed E-state index contributed by atoms with van der Waals surface area (Å²) in [4.78, 5) is 15.8. The van der Waals surface area contributed by atoms with E-state index in [0.717, 1.165) is 0 Å². The Morgan fingerprint density at radius 3 is 2.94 bits per heavy atom. The van der Waals surface area contributed by atoms with Crippen molar-refractivity contribution in [2.45, 2.75) is 32.2 Å². The van der Waals surface area contributed by atoms with Gasteiger partial charge in [0.2, 0.25) is 0 Å². The zero-order chi connectivity index (χ0) is 11.5. The average molecular weight is 219 g/mol. The molecular formula is C12H17N3O. The van der Waals surface area contributed by atoms with Crippen LogP contribution < -0.4 is 11.1 Å². The molecule has 1 aliphatic rings. The number of nitrogens with zero attached hydrogens (tertiary/aromatic N) is 1. The van der Waals surface area contributed by atoms with Gasteiger partial charge in [-0.2, -0.15) is 0 Å². The summed E-state index contributed by atoms with van der Waals surface area (Å²) in [6.07, 6.45) is 6.80. The molecule has 1 atom stereocenters. The minimum atomic E-state index is -0.0979. The maximum atomic E-state index is 11.9. The number of nitrogens with two attached hydrogens (primary N) is 1. The van der Waals surface area contributed by atoms with Crippen molar-refractivity contribution < 1.29 is 4.79 Å². The standard InChI is InChI=1S/C12H17N3O/c1-8(9-3-2-4-9)15-12(16)10-5-6-14-7-11(10)13/h5-9H,2-4,13H2,1H3,(H,15,16). The first-order chi connectivity index (χ1) is 7.68. The molecule has 0 spiro atoms. The van der Waals surface area contributed by atoms with Gasteiger partial charge in [0.05, 0.1) is 17.4 Å². The fourth-order valence-corrected chi connectivity index (χ4v) is 1.96. The highest BCUT2D eigenvalue weighted by molar-refractivity contribution is 5.98. The van der Waals surface area contributed by atoms with Crippen LogP contribution in [0.1, 0.15) is 36.5 Å². The molecule has 0 bridgehead atoms. The summed E-state index contributed by atoms with van der Waals surface area (Å²) in [5.74, 6) is 0.534. The molecule has 2 rings (SSSR count). The summed E-state index contributed by atoms with van der Waals surface area (Å²) in [7, 11) is 0. The first-order valence-corrected chi connectivity index (χ1v) is 5.69. The van der Waals surface area contributed by atoms with Gasteiger partial charge in [-0.25, -0.2) is 0 Å². The number of nitrogen functional groups attached to an aromatic ring is 1. The van der Waals surface area contributed by atoms with Crippen LogP contribution in [0.2, 0.25) is 0 Å². The molecule has 1 unspecified atom stereocenters. The Kier molecular flexibility index (Phi) is 3.08. The van der Waals surface area contributed by atoms with Crippen LogP contribution in [-0.2, 0) is 0 Å². The Balaban J connectivity index is 2.00. The van der Waals surface area contributed by atoms with Crippen molar-refractivity contribution in [1.82, 2.24) is 10.3 Å². The predicted molar refractivity (Wildman–Crippen MR) is 62.9 cm³/mol. The molecule has 0 aliphatic heterocycles. The zero-order valence-electron chi connectivity index (χ0n) is 9.44. The number of hydrogen-bond donors (Lipinski definition) is 2. The quantitative estimate of drug-likeness (QED) is 0.811. The topological polar surface area (TPSA) is 68.0 Å². The fraction of sp³-hybridized carbons (Fsp3) is 0.500. The van der Waals surface area contributed by atoms with E-state index in [2.05, 4.69) is 17.2 Å². The van der Waals surface area contributed by atoms with E-state index in [1.807, 2.05) is 0 Å². The van der Waals surface area contributed by atoms with Crippen LogP contribution in [0.4, 0.5) is 5.69 Å². The van der Waals surface area contributed by atoms with Crippen molar-refractivity contribution in [3.8, 4) is 0 Å². The van der Waals surface area contributed by atoms with Gasteiger partial charge in [-0.3, -0.25) is 9.78 Å². The number of hydrogen-bond acceptors (Lipinski definition) is 3. The second-order valence-electron chi connectivity index (χ2n) is 4.42. The normalized spacial score (nSPS) is 17.6. The molecule has 1 aromatic rings. The molecular weight excluding hydrogens is 202 g/mol. The van der Waals surface area contributed by atoms with Crippen LogP contribution in [-0.4, -0.2) is 16.9 Å². The summed E-state index contributed by atoms with van der Waals surface area (Å²) in [5.41, 5.74) is 6.64. The summed E-state index contributed by atoms with van der Waals surface area (Å²) < 4.78 is 0. The number of anilines is 1. The van der Waals surface area contributed by atoms with Gasteiger partial charge in [0.25, 0.3) is 5.91 Å². The van der Waals surface area contributed by atoms with Crippen molar-refractivity contribution in [2.75, 3.05) is 5.73 Å². The lowest BCUT2D eigenvalue weighted by molar-refractivity contribution is 0.0910. The van der Waals surface area contributed by atoms with Crippen molar-refractivity contribution in [1.29, 1.82) is 0 Å². The van der Waals surface area contributed by atoms with Gasteiger partial charge in [0, 0.05) is 12.2 Å². The maximum Gasteiger partial charge on any atom is 0.253 e. The van der Waals surface area contributed by atoms with Crippen LogP contribution in [0.25, 0.3) is 0 Å². The molecule has 3 N–H and O–H groups in total. The third-order valence-corrected chi connectivity index (χ3v) is 3.31. The first-order valence-electron chi connectivity index (χ1n) is 5.69. The number of rotatable bonds is 3. The van der Waals surface area contributed by atoms with E-state index in [1.54, 1.807) is 12.3 Å². The molecule has 16 heavy (non-hydrogen) atoms. The Hall–Kier alpha value is -1.58. The Labute approximate surface area is 95.3 Å². The molecule has 1 aliphatic carbocycles. The molecule has 0 aromatic carbocycles. The highest BCUT2D eigenvalue weighted by Gasteiger charge is 2.25. The molecule has 0 saturated heterocycles. The largest absolute Gasteiger partial charge is 0.397 e. The lowest BCUT2D eigenvalue weighted by atomic mass is 9.80. The van der Waals surface area contributed by atoms with Gasteiger partial charge in [-0.05, 0) is 31.7 Å².